The van der Waals surface area contributed by atoms with Gasteiger partial charge in [-0.1, -0.05) is 19.9 Å². The largest absolute Gasteiger partial charge is 0.492 e. The van der Waals surface area contributed by atoms with Gasteiger partial charge in [0.2, 0.25) is 0 Å². The van der Waals surface area contributed by atoms with Gasteiger partial charge in [0.25, 0.3) is 5.92 Å². The molecule has 4 unspecified atom stereocenters. The Bertz CT molecular complexity index is 2040. The fourth-order valence-corrected chi connectivity index (χ4v) is 7.53. The first-order valence-corrected chi connectivity index (χ1v) is 17.6. The van der Waals surface area contributed by atoms with Gasteiger partial charge in [0.05, 0.1) is 30.2 Å². The number of hydrogen-bond donors (Lipinski definition) is 3. The van der Waals surface area contributed by atoms with Gasteiger partial charge >= 0.3 is 12.2 Å². The Morgan fingerprint density at radius 2 is 1.89 bits per heavy atom. The van der Waals surface area contributed by atoms with Gasteiger partial charge < -0.3 is 35.1 Å². The molecule has 0 spiro atoms. The van der Waals surface area contributed by atoms with Crippen LogP contribution in [-0.4, -0.2) is 99.4 Å². The molecule has 0 bridgehead atoms. The molecular weight excluding hydrogens is 710 g/mol. The molecule has 8 rings (SSSR count). The van der Waals surface area contributed by atoms with E-state index in [9.17, 15) is 27.8 Å². The number of alkyl halides is 4. The van der Waals surface area contributed by atoms with Crippen LogP contribution in [0, 0.1) is 23.5 Å². The number of anilines is 2. The SMILES string of the molecule is CC.C[C@]1(COc2nc(N3CCOCC4C(F)C43)c3cnc(-c4cc(N)cc5ccc(F)c(OC(O)(O)F)c45)c(F)c3n2)CCCN1CC1CC1(F)F. The first kappa shape index (κ1) is 37.1. The lowest BCUT2D eigenvalue weighted by Crippen LogP contribution is -2.47. The van der Waals surface area contributed by atoms with Crippen LogP contribution in [0.1, 0.15) is 40.0 Å². The smallest absolute Gasteiger partial charge is 0.461 e. The number of hydrogen-bond acceptors (Lipinski definition) is 11. The van der Waals surface area contributed by atoms with Crippen molar-refractivity contribution in [3.8, 4) is 23.0 Å². The van der Waals surface area contributed by atoms with Gasteiger partial charge in [0, 0.05) is 54.2 Å². The topological polar surface area (TPSA) is 139 Å². The summed E-state index contributed by atoms with van der Waals surface area (Å²) < 4.78 is 105. The van der Waals surface area contributed by atoms with Crippen molar-refractivity contribution in [1.82, 2.24) is 19.9 Å². The molecule has 53 heavy (non-hydrogen) atoms. The Balaban J connectivity index is 0.00000214. The van der Waals surface area contributed by atoms with Crippen LogP contribution in [0.15, 0.2) is 30.5 Å². The Labute approximate surface area is 300 Å². The van der Waals surface area contributed by atoms with Gasteiger partial charge in [-0.25, -0.2) is 22.0 Å². The Kier molecular flexibility index (Phi) is 9.52. The minimum atomic E-state index is -4.28. The number of halogens is 6. The summed E-state index contributed by atoms with van der Waals surface area (Å²) in [7, 11) is 0. The van der Waals surface area contributed by atoms with E-state index in [4.69, 9.17) is 15.2 Å². The number of nitrogens with zero attached hydrogens (tertiary/aromatic N) is 5. The van der Waals surface area contributed by atoms with E-state index in [0.29, 0.717) is 13.0 Å². The number of fused-ring (bicyclic) bond motifs is 3. The summed E-state index contributed by atoms with van der Waals surface area (Å²) in [6, 6.07) is 3.87. The summed E-state index contributed by atoms with van der Waals surface area (Å²) in [4.78, 5) is 16.9. The molecule has 2 aromatic carbocycles. The predicted molar refractivity (Wildman–Crippen MR) is 183 cm³/mol. The van der Waals surface area contributed by atoms with Crippen LogP contribution in [0.25, 0.3) is 32.9 Å². The summed E-state index contributed by atoms with van der Waals surface area (Å²) in [5, 5.41) is 18.6. The third-order valence-electron chi connectivity index (χ3n) is 10.4. The zero-order valence-electron chi connectivity index (χ0n) is 29.3. The van der Waals surface area contributed by atoms with E-state index in [-0.39, 0.29) is 84.1 Å². The van der Waals surface area contributed by atoms with Gasteiger partial charge in [-0.3, -0.25) is 9.88 Å². The maximum atomic E-state index is 16.9. The number of nitrogens with two attached hydrogens (primary N) is 1. The van der Waals surface area contributed by atoms with Crippen LogP contribution < -0.4 is 20.1 Å². The zero-order chi connectivity index (χ0) is 38.0. The maximum Gasteiger partial charge on any atom is 0.492 e. The predicted octanol–water partition coefficient (Wildman–Crippen LogP) is 5.74. The second-order valence-electron chi connectivity index (χ2n) is 14.1. The lowest BCUT2D eigenvalue weighted by molar-refractivity contribution is -0.375. The number of benzene rings is 2. The van der Waals surface area contributed by atoms with Crippen LogP contribution in [0.2, 0.25) is 0 Å². The van der Waals surface area contributed by atoms with Crippen molar-refractivity contribution in [1.29, 1.82) is 0 Å². The second-order valence-corrected chi connectivity index (χ2v) is 14.1. The minimum absolute atomic E-state index is 0.0101. The van der Waals surface area contributed by atoms with E-state index < -0.39 is 64.8 Å². The molecule has 4 aliphatic rings. The van der Waals surface area contributed by atoms with Crippen molar-refractivity contribution in [2.45, 2.75) is 69.9 Å². The highest BCUT2D eigenvalue weighted by molar-refractivity contribution is 6.04. The average Bonchev–Trinajstić information content (AvgIpc) is 3.92. The fourth-order valence-electron chi connectivity index (χ4n) is 7.53. The molecule has 5 atom stereocenters. The van der Waals surface area contributed by atoms with Gasteiger partial charge in [-0.15, -0.1) is 4.39 Å². The average molecular weight is 751 g/mol. The van der Waals surface area contributed by atoms with Crippen LogP contribution in [0.4, 0.5) is 37.8 Å². The van der Waals surface area contributed by atoms with E-state index in [0.717, 1.165) is 12.5 Å². The minimum Gasteiger partial charge on any atom is -0.461 e. The third kappa shape index (κ3) is 6.99. The van der Waals surface area contributed by atoms with Crippen LogP contribution >= 0.6 is 0 Å². The molecule has 4 heterocycles. The molecule has 11 nitrogen and oxygen atoms in total. The molecule has 2 aliphatic heterocycles. The molecule has 2 aromatic heterocycles. The molecule has 17 heteroatoms. The molecular formula is C36H40F6N6O5. The highest BCUT2D eigenvalue weighted by Gasteiger charge is 2.59. The Hall–Kier alpha value is -4.19. The van der Waals surface area contributed by atoms with E-state index in [1.54, 1.807) is 4.90 Å². The van der Waals surface area contributed by atoms with Crippen LogP contribution in [-0.2, 0) is 4.74 Å². The number of pyridine rings is 1. The lowest BCUT2D eigenvalue weighted by Gasteiger charge is -2.35. The zero-order valence-corrected chi connectivity index (χ0v) is 29.3. The number of aromatic nitrogens is 3. The summed E-state index contributed by atoms with van der Waals surface area (Å²) in [5.74, 6) is -6.91. The van der Waals surface area contributed by atoms with E-state index in [2.05, 4.69) is 19.7 Å². The number of rotatable bonds is 9. The van der Waals surface area contributed by atoms with E-state index >= 15 is 8.78 Å². The van der Waals surface area contributed by atoms with Gasteiger partial charge in [0.1, 0.15) is 29.8 Å². The van der Waals surface area contributed by atoms with Crippen molar-refractivity contribution >= 4 is 33.2 Å². The van der Waals surface area contributed by atoms with Crippen molar-refractivity contribution < 1.29 is 50.8 Å². The third-order valence-corrected chi connectivity index (χ3v) is 10.4. The lowest BCUT2D eigenvalue weighted by atomic mass is 9.98. The van der Waals surface area contributed by atoms with E-state index in [1.807, 2.05) is 25.7 Å². The van der Waals surface area contributed by atoms with E-state index in [1.165, 1.54) is 24.4 Å². The molecule has 2 aliphatic carbocycles. The first-order chi connectivity index (χ1) is 25.1. The van der Waals surface area contributed by atoms with Crippen LogP contribution in [0.3, 0.4) is 0 Å². The summed E-state index contributed by atoms with van der Waals surface area (Å²) >= 11 is 0. The second kappa shape index (κ2) is 13.6. The molecule has 0 radical (unpaired) electrons. The highest BCUT2D eigenvalue weighted by Crippen LogP contribution is 2.50. The standard InChI is InChI=1S/C34H34F6N6O5.C2H6/c1-32(5-2-6-45(32)13-17-11-33(17,38)39)15-50-31-43-27-20(30(44-31)46-7-8-49-14-21-24(36)28(21)46)12-42-26(25(27)37)19-10-18(41)9-16-3-4-22(35)29(23(16)19)51-34(40,47)48;1-2/h3-4,9-10,12,17,21,24,28,47-48H,2,5-8,11,13-15,41H2,1H3;1-2H3/t17?,21?,24?,28?,32-;/m1./s1. The Morgan fingerprint density at radius 1 is 1.13 bits per heavy atom. The molecule has 4 N–H and O–H groups in total. The highest BCUT2D eigenvalue weighted by atomic mass is 19.3. The fraction of sp³-hybridized carbons (Fsp3) is 0.528. The van der Waals surface area contributed by atoms with Gasteiger partial charge in [-0.05, 0) is 49.9 Å². The number of ether oxygens (including phenoxy) is 3. The molecule has 4 fully saturated rings. The first-order valence-electron chi connectivity index (χ1n) is 17.6. The van der Waals surface area contributed by atoms with Crippen molar-refractivity contribution in [3.05, 3.63) is 42.1 Å². The molecule has 4 aromatic rings. The maximum absolute atomic E-state index is 16.9. The number of nitrogen functional groups attached to an aromatic ring is 1. The number of aliphatic hydroxyl groups is 2. The molecule has 286 valence electrons. The molecule has 2 saturated heterocycles. The van der Waals surface area contributed by atoms with Crippen molar-refractivity contribution in [2.75, 3.05) is 50.1 Å². The Morgan fingerprint density at radius 3 is 2.60 bits per heavy atom. The summed E-state index contributed by atoms with van der Waals surface area (Å²) in [6.45, 7) is 7.34. The van der Waals surface area contributed by atoms with Crippen molar-refractivity contribution in [2.24, 2.45) is 11.8 Å². The summed E-state index contributed by atoms with van der Waals surface area (Å²) in [5.41, 5.74) is 4.61. The molecule has 2 saturated carbocycles. The van der Waals surface area contributed by atoms with Crippen molar-refractivity contribution in [3.63, 3.8) is 0 Å². The molecule has 0 amide bonds. The van der Waals surface area contributed by atoms with Gasteiger partial charge in [0.15, 0.2) is 17.4 Å². The normalized spacial score (nSPS) is 26.5. The monoisotopic (exact) mass is 750 g/mol. The van der Waals surface area contributed by atoms with Crippen LogP contribution in [0.5, 0.6) is 11.8 Å². The number of likely N-dealkylation sites (tertiary alicyclic amines) is 1. The van der Waals surface area contributed by atoms with Gasteiger partial charge in [-0.2, -0.15) is 9.97 Å². The quantitative estimate of drug-likeness (QED) is 0.110. The summed E-state index contributed by atoms with van der Waals surface area (Å²) in [6.07, 6.45) is -3.01.